The number of likely N-dealkylation sites (N-methyl/N-ethyl adjacent to an activating group) is 1. The summed E-state index contributed by atoms with van der Waals surface area (Å²) >= 11 is 0. The molecule has 0 atom stereocenters. The number of carbonyl (C=O) groups excluding carboxylic acids is 2. The molecule has 0 fully saturated rings. The number of esters is 1. The first-order valence-electron chi connectivity index (χ1n) is 4.29. The van der Waals surface area contributed by atoms with Crippen LogP contribution in [0.15, 0.2) is 10.7 Å². The van der Waals surface area contributed by atoms with Crippen LogP contribution in [0.3, 0.4) is 0 Å². The Morgan fingerprint density at radius 1 is 1.60 bits per heavy atom. The van der Waals surface area contributed by atoms with Gasteiger partial charge in [0.15, 0.2) is 0 Å². The SMILES string of the molecule is COC(=O)CN(C)C(=O)c1cnoc1C. The Morgan fingerprint density at radius 3 is 2.73 bits per heavy atom. The molecule has 0 saturated carbocycles. The predicted molar refractivity (Wildman–Crippen MR) is 50.2 cm³/mol. The largest absolute Gasteiger partial charge is 0.468 e. The summed E-state index contributed by atoms with van der Waals surface area (Å²) < 4.78 is 9.20. The fourth-order valence-electron chi connectivity index (χ4n) is 1.04. The Labute approximate surface area is 86.8 Å². The maximum absolute atomic E-state index is 11.7. The molecule has 1 aromatic heterocycles. The highest BCUT2D eigenvalue weighted by Crippen LogP contribution is 2.08. The molecule has 0 unspecified atom stereocenters. The first kappa shape index (κ1) is 11.2. The van der Waals surface area contributed by atoms with Gasteiger partial charge >= 0.3 is 5.97 Å². The van der Waals surface area contributed by atoms with Crippen LogP contribution in [0.5, 0.6) is 0 Å². The van der Waals surface area contributed by atoms with Crippen LogP contribution >= 0.6 is 0 Å². The van der Waals surface area contributed by atoms with Crippen LogP contribution in [-0.2, 0) is 9.53 Å². The first-order chi connectivity index (χ1) is 7.06. The summed E-state index contributed by atoms with van der Waals surface area (Å²) in [6.07, 6.45) is 1.32. The maximum atomic E-state index is 11.7. The van der Waals surface area contributed by atoms with Gasteiger partial charge in [0.25, 0.3) is 5.91 Å². The topological polar surface area (TPSA) is 72.6 Å². The summed E-state index contributed by atoms with van der Waals surface area (Å²) in [5, 5.41) is 3.49. The molecule has 0 aliphatic rings. The van der Waals surface area contributed by atoms with Gasteiger partial charge in [-0.15, -0.1) is 0 Å². The molecule has 0 saturated heterocycles. The van der Waals surface area contributed by atoms with Crippen LogP contribution in [0.1, 0.15) is 16.1 Å². The lowest BCUT2D eigenvalue weighted by Crippen LogP contribution is -2.32. The smallest absolute Gasteiger partial charge is 0.325 e. The van der Waals surface area contributed by atoms with E-state index in [-0.39, 0.29) is 12.5 Å². The van der Waals surface area contributed by atoms with Crippen LogP contribution in [0, 0.1) is 6.92 Å². The van der Waals surface area contributed by atoms with Gasteiger partial charge in [-0.05, 0) is 6.92 Å². The standard InChI is InChI=1S/C9H12N2O4/c1-6-7(4-10-15-6)9(13)11(2)5-8(12)14-3/h4H,5H2,1-3H3. The molecule has 0 radical (unpaired) electrons. The van der Waals surface area contributed by atoms with Crippen LogP contribution < -0.4 is 0 Å². The number of amides is 1. The van der Waals surface area contributed by atoms with Crippen LogP contribution in [0.4, 0.5) is 0 Å². The van der Waals surface area contributed by atoms with Crippen molar-refractivity contribution >= 4 is 11.9 Å². The van der Waals surface area contributed by atoms with Crippen molar-refractivity contribution in [3.05, 3.63) is 17.5 Å². The third-order valence-electron chi connectivity index (χ3n) is 1.92. The second-order valence-corrected chi connectivity index (χ2v) is 3.03. The number of rotatable bonds is 3. The third kappa shape index (κ3) is 2.55. The number of hydrogen-bond acceptors (Lipinski definition) is 5. The summed E-state index contributed by atoms with van der Waals surface area (Å²) in [7, 11) is 2.77. The van der Waals surface area contributed by atoms with Gasteiger partial charge in [0, 0.05) is 7.05 Å². The lowest BCUT2D eigenvalue weighted by Gasteiger charge is -2.14. The summed E-state index contributed by atoms with van der Waals surface area (Å²) in [6, 6.07) is 0. The summed E-state index contributed by atoms with van der Waals surface area (Å²) in [5.41, 5.74) is 0.349. The second kappa shape index (κ2) is 4.59. The van der Waals surface area contributed by atoms with E-state index in [0.29, 0.717) is 11.3 Å². The van der Waals surface area contributed by atoms with Gasteiger partial charge in [-0.3, -0.25) is 9.59 Å². The molecule has 15 heavy (non-hydrogen) atoms. The number of aromatic nitrogens is 1. The van der Waals surface area contributed by atoms with Gasteiger partial charge in [0.1, 0.15) is 17.9 Å². The van der Waals surface area contributed by atoms with Crippen LogP contribution in [0.2, 0.25) is 0 Å². The van der Waals surface area contributed by atoms with Crippen molar-refractivity contribution in [3.8, 4) is 0 Å². The Morgan fingerprint density at radius 2 is 2.27 bits per heavy atom. The van der Waals surface area contributed by atoms with Crippen molar-refractivity contribution in [3.63, 3.8) is 0 Å². The molecule has 0 aliphatic carbocycles. The molecule has 1 heterocycles. The van der Waals surface area contributed by atoms with Crippen molar-refractivity contribution in [1.29, 1.82) is 0 Å². The zero-order valence-electron chi connectivity index (χ0n) is 8.81. The van der Waals surface area contributed by atoms with Crippen molar-refractivity contribution in [2.75, 3.05) is 20.7 Å². The van der Waals surface area contributed by atoms with Gasteiger partial charge in [-0.1, -0.05) is 5.16 Å². The van der Waals surface area contributed by atoms with E-state index in [4.69, 9.17) is 4.52 Å². The van der Waals surface area contributed by atoms with Crippen molar-refractivity contribution in [2.24, 2.45) is 0 Å². The summed E-state index contributed by atoms with van der Waals surface area (Å²) in [4.78, 5) is 23.9. The van der Waals surface area contributed by atoms with Crippen molar-refractivity contribution < 1.29 is 18.8 Å². The molecule has 0 bridgehead atoms. The number of nitrogens with zero attached hydrogens (tertiary/aromatic N) is 2. The van der Waals surface area contributed by atoms with E-state index in [1.165, 1.54) is 25.3 Å². The van der Waals surface area contributed by atoms with Crippen LogP contribution in [0.25, 0.3) is 0 Å². The van der Waals surface area contributed by atoms with E-state index in [9.17, 15) is 9.59 Å². The molecule has 0 N–H and O–H groups in total. The lowest BCUT2D eigenvalue weighted by atomic mass is 10.2. The third-order valence-corrected chi connectivity index (χ3v) is 1.92. The fourth-order valence-corrected chi connectivity index (χ4v) is 1.04. The minimum absolute atomic E-state index is 0.0973. The zero-order valence-corrected chi connectivity index (χ0v) is 8.81. The Bertz CT molecular complexity index is 372. The number of ether oxygens (including phenoxy) is 1. The van der Waals surface area contributed by atoms with Crippen molar-refractivity contribution in [1.82, 2.24) is 10.1 Å². The van der Waals surface area contributed by atoms with Crippen LogP contribution in [-0.4, -0.2) is 42.6 Å². The van der Waals surface area contributed by atoms with Gasteiger partial charge < -0.3 is 14.2 Å². The molecule has 82 valence electrons. The molecule has 0 aromatic carbocycles. The monoisotopic (exact) mass is 212 g/mol. The quantitative estimate of drug-likeness (QED) is 0.670. The Kier molecular flexibility index (Phi) is 3.43. The number of carbonyl (C=O) groups is 2. The first-order valence-corrected chi connectivity index (χ1v) is 4.29. The molecule has 1 amide bonds. The van der Waals surface area contributed by atoms with E-state index in [1.54, 1.807) is 6.92 Å². The summed E-state index contributed by atoms with van der Waals surface area (Å²) in [6.45, 7) is 1.53. The second-order valence-electron chi connectivity index (χ2n) is 3.03. The molecule has 6 heteroatoms. The maximum Gasteiger partial charge on any atom is 0.325 e. The minimum atomic E-state index is -0.472. The van der Waals surface area contributed by atoms with E-state index >= 15 is 0 Å². The highest BCUT2D eigenvalue weighted by Gasteiger charge is 2.19. The van der Waals surface area contributed by atoms with E-state index in [2.05, 4.69) is 9.89 Å². The number of methoxy groups -OCH3 is 1. The van der Waals surface area contributed by atoms with Gasteiger partial charge in [0.2, 0.25) is 0 Å². The molecule has 0 aliphatic heterocycles. The normalized spacial score (nSPS) is 9.80. The average molecular weight is 212 g/mol. The van der Waals surface area contributed by atoms with Gasteiger partial charge in [-0.2, -0.15) is 0 Å². The number of hydrogen-bond donors (Lipinski definition) is 0. The fraction of sp³-hybridized carbons (Fsp3) is 0.444. The van der Waals surface area contributed by atoms with E-state index in [1.807, 2.05) is 0 Å². The number of aryl methyl sites for hydroxylation is 1. The zero-order chi connectivity index (χ0) is 11.4. The predicted octanol–water partition coefficient (Wildman–Crippen LogP) is 0.228. The molecule has 1 aromatic rings. The van der Waals surface area contributed by atoms with Gasteiger partial charge in [-0.25, -0.2) is 0 Å². The van der Waals surface area contributed by atoms with Gasteiger partial charge in [0.05, 0.1) is 13.3 Å². The summed E-state index contributed by atoms with van der Waals surface area (Å²) in [5.74, 6) is -0.365. The average Bonchev–Trinajstić information content (AvgIpc) is 2.63. The molecule has 1 rings (SSSR count). The Balaban J connectivity index is 2.69. The molecule has 6 nitrogen and oxygen atoms in total. The molecular formula is C9H12N2O4. The molecular weight excluding hydrogens is 200 g/mol. The lowest BCUT2D eigenvalue weighted by molar-refractivity contribution is -0.141. The molecule has 0 spiro atoms. The highest BCUT2D eigenvalue weighted by atomic mass is 16.5. The van der Waals surface area contributed by atoms with E-state index in [0.717, 1.165) is 0 Å². The van der Waals surface area contributed by atoms with E-state index < -0.39 is 5.97 Å². The Hall–Kier alpha value is -1.85. The van der Waals surface area contributed by atoms with Crippen molar-refractivity contribution in [2.45, 2.75) is 6.92 Å². The minimum Gasteiger partial charge on any atom is -0.468 e. The highest BCUT2D eigenvalue weighted by molar-refractivity contribution is 5.96.